The maximum Gasteiger partial charge on any atom is 0.338 e. The summed E-state index contributed by atoms with van der Waals surface area (Å²) in [5, 5.41) is 2.82. The molecule has 8 heteroatoms. The first-order valence-corrected chi connectivity index (χ1v) is 8.17. The van der Waals surface area contributed by atoms with Gasteiger partial charge in [-0.25, -0.2) is 4.79 Å². The Balaban J connectivity index is 0.00000243. The first kappa shape index (κ1) is 19.8. The van der Waals surface area contributed by atoms with Crippen molar-refractivity contribution < 1.29 is 23.5 Å². The predicted molar refractivity (Wildman–Crippen MR) is 99.3 cm³/mol. The van der Waals surface area contributed by atoms with Crippen LogP contribution in [0.25, 0.3) is 0 Å². The van der Waals surface area contributed by atoms with E-state index >= 15 is 0 Å². The van der Waals surface area contributed by atoms with E-state index in [1.54, 1.807) is 31.2 Å². The van der Waals surface area contributed by atoms with Gasteiger partial charge in [0.05, 0.1) is 43.0 Å². The molecule has 0 saturated carbocycles. The number of ether oxygens (including phenoxy) is 2. The number of amides is 1. The van der Waals surface area contributed by atoms with E-state index in [0.29, 0.717) is 37.6 Å². The molecule has 1 saturated heterocycles. The van der Waals surface area contributed by atoms with Crippen LogP contribution in [-0.2, 0) is 9.47 Å². The first-order chi connectivity index (χ1) is 12.2. The van der Waals surface area contributed by atoms with Gasteiger partial charge in [0.1, 0.15) is 0 Å². The molecule has 140 valence electrons. The second-order valence-corrected chi connectivity index (χ2v) is 5.48. The molecule has 26 heavy (non-hydrogen) atoms. The normalized spacial score (nSPS) is 13.7. The fourth-order valence-electron chi connectivity index (χ4n) is 2.65. The number of morpholine rings is 1. The highest BCUT2D eigenvalue weighted by molar-refractivity contribution is 6.05. The van der Waals surface area contributed by atoms with Crippen LogP contribution in [0.15, 0.2) is 41.0 Å². The van der Waals surface area contributed by atoms with E-state index in [-0.39, 0.29) is 30.7 Å². The Hall–Kier alpha value is -2.51. The molecule has 1 aromatic heterocycles. The molecule has 1 fully saturated rings. The van der Waals surface area contributed by atoms with Crippen LogP contribution in [0.4, 0.5) is 11.4 Å². The van der Waals surface area contributed by atoms with Crippen LogP contribution in [0, 0.1) is 0 Å². The number of halogens is 1. The summed E-state index contributed by atoms with van der Waals surface area (Å²) in [5.41, 5.74) is 1.75. The smallest absolute Gasteiger partial charge is 0.338 e. The molecule has 0 radical (unpaired) electrons. The third-order valence-electron chi connectivity index (χ3n) is 3.85. The molecule has 0 spiro atoms. The van der Waals surface area contributed by atoms with Crippen molar-refractivity contribution in [2.45, 2.75) is 6.92 Å². The quantitative estimate of drug-likeness (QED) is 0.803. The molecule has 2 heterocycles. The van der Waals surface area contributed by atoms with Gasteiger partial charge in [-0.15, -0.1) is 12.4 Å². The summed E-state index contributed by atoms with van der Waals surface area (Å²) in [4.78, 5) is 26.5. The number of nitrogens with one attached hydrogen (secondary N) is 1. The van der Waals surface area contributed by atoms with E-state index in [4.69, 9.17) is 13.9 Å². The van der Waals surface area contributed by atoms with Gasteiger partial charge in [-0.3, -0.25) is 4.79 Å². The molecule has 1 aliphatic rings. The monoisotopic (exact) mass is 380 g/mol. The first-order valence-electron chi connectivity index (χ1n) is 8.17. The fourth-order valence-corrected chi connectivity index (χ4v) is 2.65. The van der Waals surface area contributed by atoms with Crippen molar-refractivity contribution in [2.75, 3.05) is 43.1 Å². The maximum absolute atomic E-state index is 12.4. The lowest BCUT2D eigenvalue weighted by Gasteiger charge is -2.30. The van der Waals surface area contributed by atoms with Crippen molar-refractivity contribution in [1.29, 1.82) is 0 Å². The Morgan fingerprint density at radius 3 is 2.65 bits per heavy atom. The summed E-state index contributed by atoms with van der Waals surface area (Å²) in [6, 6.07) is 8.37. The number of benzene rings is 1. The third kappa shape index (κ3) is 4.56. The van der Waals surface area contributed by atoms with Gasteiger partial charge >= 0.3 is 5.97 Å². The zero-order chi connectivity index (χ0) is 17.6. The number of hydrogen-bond donors (Lipinski definition) is 1. The van der Waals surface area contributed by atoms with Gasteiger partial charge in [-0.1, -0.05) is 0 Å². The van der Waals surface area contributed by atoms with Crippen molar-refractivity contribution in [1.82, 2.24) is 0 Å². The van der Waals surface area contributed by atoms with Gasteiger partial charge in [0, 0.05) is 13.1 Å². The second-order valence-electron chi connectivity index (χ2n) is 5.48. The van der Waals surface area contributed by atoms with E-state index in [2.05, 4.69) is 10.2 Å². The van der Waals surface area contributed by atoms with Gasteiger partial charge in [0.2, 0.25) is 0 Å². The maximum atomic E-state index is 12.4. The number of furan rings is 1. The summed E-state index contributed by atoms with van der Waals surface area (Å²) in [6.07, 6.45) is 1.44. The topological polar surface area (TPSA) is 81.0 Å². The molecule has 7 nitrogen and oxygen atoms in total. The minimum Gasteiger partial charge on any atom is -0.462 e. The van der Waals surface area contributed by atoms with E-state index in [1.165, 1.54) is 6.26 Å². The fraction of sp³-hybridized carbons (Fsp3) is 0.333. The SMILES string of the molecule is CCOC(=O)c1ccc(N2CCOCC2)c(NC(=O)c2ccco2)c1.Cl. The van der Waals surface area contributed by atoms with Gasteiger partial charge in [-0.2, -0.15) is 0 Å². The van der Waals surface area contributed by atoms with Gasteiger partial charge in [-0.05, 0) is 37.3 Å². The molecule has 0 unspecified atom stereocenters. The van der Waals surface area contributed by atoms with Crippen molar-refractivity contribution in [2.24, 2.45) is 0 Å². The summed E-state index contributed by atoms with van der Waals surface area (Å²) < 4.78 is 15.6. The van der Waals surface area contributed by atoms with Crippen molar-refractivity contribution in [3.05, 3.63) is 47.9 Å². The largest absolute Gasteiger partial charge is 0.462 e. The van der Waals surface area contributed by atoms with Crippen LogP contribution < -0.4 is 10.2 Å². The minimum absolute atomic E-state index is 0. The molecule has 1 N–H and O–H groups in total. The van der Waals surface area contributed by atoms with Gasteiger partial charge < -0.3 is 24.1 Å². The minimum atomic E-state index is -0.426. The summed E-state index contributed by atoms with van der Waals surface area (Å²) in [5.74, 6) is -0.598. The summed E-state index contributed by atoms with van der Waals surface area (Å²) in [6.45, 7) is 4.69. The van der Waals surface area contributed by atoms with Crippen LogP contribution in [0.1, 0.15) is 27.8 Å². The Labute approximate surface area is 157 Å². The lowest BCUT2D eigenvalue weighted by molar-refractivity contribution is 0.0526. The highest BCUT2D eigenvalue weighted by Gasteiger charge is 2.19. The van der Waals surface area contributed by atoms with Crippen LogP contribution in [-0.4, -0.2) is 44.8 Å². The standard InChI is InChI=1S/C18H20N2O5.ClH/c1-2-24-18(22)13-5-6-15(20-7-10-23-11-8-20)14(12-13)19-17(21)16-4-3-9-25-16;/h3-6,9,12H,2,7-8,10-11H2,1H3,(H,19,21);1H. The molecular formula is C18H21ClN2O5. The average Bonchev–Trinajstić information content (AvgIpc) is 3.17. The van der Waals surface area contributed by atoms with Crippen LogP contribution in [0.3, 0.4) is 0 Å². The molecule has 0 bridgehead atoms. The molecule has 1 aliphatic heterocycles. The highest BCUT2D eigenvalue weighted by Crippen LogP contribution is 2.29. The molecule has 1 aromatic carbocycles. The van der Waals surface area contributed by atoms with Crippen LogP contribution >= 0.6 is 12.4 Å². The van der Waals surface area contributed by atoms with Crippen LogP contribution in [0.2, 0.25) is 0 Å². The predicted octanol–water partition coefficient (Wildman–Crippen LogP) is 2.97. The summed E-state index contributed by atoms with van der Waals surface area (Å²) >= 11 is 0. The van der Waals surface area contributed by atoms with Crippen molar-refractivity contribution >= 4 is 35.7 Å². The molecule has 0 aliphatic carbocycles. The third-order valence-corrected chi connectivity index (χ3v) is 3.85. The molecule has 2 aromatic rings. The highest BCUT2D eigenvalue weighted by atomic mass is 35.5. The molecule has 3 rings (SSSR count). The lowest BCUT2D eigenvalue weighted by atomic mass is 10.1. The van der Waals surface area contributed by atoms with E-state index < -0.39 is 5.97 Å². The molecule has 0 atom stereocenters. The number of nitrogens with zero attached hydrogens (tertiary/aromatic N) is 1. The number of carbonyl (C=O) groups excluding carboxylic acids is 2. The zero-order valence-corrected chi connectivity index (χ0v) is 15.2. The van der Waals surface area contributed by atoms with Crippen molar-refractivity contribution in [3.63, 3.8) is 0 Å². The van der Waals surface area contributed by atoms with E-state index in [0.717, 1.165) is 5.69 Å². The Kier molecular flexibility index (Phi) is 7.06. The molecular weight excluding hydrogens is 360 g/mol. The van der Waals surface area contributed by atoms with Gasteiger partial charge in [0.25, 0.3) is 5.91 Å². The number of rotatable bonds is 5. The van der Waals surface area contributed by atoms with Crippen LogP contribution in [0.5, 0.6) is 0 Å². The number of carbonyl (C=O) groups is 2. The Morgan fingerprint density at radius 2 is 2.00 bits per heavy atom. The van der Waals surface area contributed by atoms with E-state index in [1.807, 2.05) is 6.07 Å². The average molecular weight is 381 g/mol. The number of hydrogen-bond acceptors (Lipinski definition) is 6. The second kappa shape index (κ2) is 9.26. The summed E-state index contributed by atoms with van der Waals surface area (Å²) in [7, 11) is 0. The Bertz CT molecular complexity index is 742. The van der Waals surface area contributed by atoms with Crippen molar-refractivity contribution in [3.8, 4) is 0 Å². The van der Waals surface area contributed by atoms with Gasteiger partial charge in [0.15, 0.2) is 5.76 Å². The lowest BCUT2D eigenvalue weighted by Crippen LogP contribution is -2.36. The Morgan fingerprint density at radius 1 is 1.23 bits per heavy atom. The number of esters is 1. The zero-order valence-electron chi connectivity index (χ0n) is 14.4. The number of anilines is 2. The molecule has 1 amide bonds. The van der Waals surface area contributed by atoms with E-state index in [9.17, 15) is 9.59 Å².